The second kappa shape index (κ2) is 8.56. The summed E-state index contributed by atoms with van der Waals surface area (Å²) in [6, 6.07) is 7.80. The molecule has 6 nitrogen and oxygen atoms in total. The molecule has 0 amide bonds. The Labute approximate surface area is 148 Å². The molecule has 0 bridgehead atoms. The zero-order chi connectivity index (χ0) is 17.6. The Balaban J connectivity index is 2.11. The Kier molecular flexibility index (Phi) is 6.18. The molecule has 3 rings (SSSR count). The van der Waals surface area contributed by atoms with Crippen molar-refractivity contribution in [1.29, 1.82) is 0 Å². The minimum Gasteiger partial charge on any atom is -0.383 e. The van der Waals surface area contributed by atoms with Crippen molar-refractivity contribution < 1.29 is 4.74 Å². The van der Waals surface area contributed by atoms with Gasteiger partial charge in [-0.05, 0) is 18.6 Å². The summed E-state index contributed by atoms with van der Waals surface area (Å²) in [7, 11) is 1.67. The number of fused-ring (bicyclic) bond motifs is 1. The molecule has 1 N–H and O–H groups in total. The SMILES string of the molecule is CCCC(c1nc2ccccc2c(=O)n1CCOC)N1CCNCC1. The number of methoxy groups -OCH3 is 1. The molecule has 0 spiro atoms. The fourth-order valence-corrected chi connectivity index (χ4v) is 3.58. The van der Waals surface area contributed by atoms with E-state index in [0.29, 0.717) is 18.5 Å². The van der Waals surface area contributed by atoms with Crippen LogP contribution < -0.4 is 10.9 Å². The standard InChI is InChI=1S/C19H28N4O2/c1-3-6-17(22-11-9-20-10-12-22)18-21-16-8-5-4-7-15(16)19(24)23(18)13-14-25-2/h4-5,7-8,17,20H,3,6,9-14H2,1-2H3. The fraction of sp³-hybridized carbons (Fsp3) is 0.579. The van der Waals surface area contributed by atoms with E-state index in [1.807, 2.05) is 28.8 Å². The maximum atomic E-state index is 13.1. The van der Waals surface area contributed by atoms with Crippen LogP contribution in [0.25, 0.3) is 10.9 Å². The predicted molar refractivity (Wildman–Crippen MR) is 100.0 cm³/mol. The first-order valence-electron chi connectivity index (χ1n) is 9.19. The van der Waals surface area contributed by atoms with Crippen molar-refractivity contribution in [2.45, 2.75) is 32.4 Å². The molecule has 1 fully saturated rings. The Morgan fingerprint density at radius 2 is 2.04 bits per heavy atom. The van der Waals surface area contributed by atoms with Crippen LogP contribution in [0.3, 0.4) is 0 Å². The van der Waals surface area contributed by atoms with Crippen LogP contribution in [0, 0.1) is 0 Å². The third-order valence-electron chi connectivity index (χ3n) is 4.86. The summed E-state index contributed by atoms with van der Waals surface area (Å²) in [6.07, 6.45) is 2.05. The molecular weight excluding hydrogens is 316 g/mol. The summed E-state index contributed by atoms with van der Waals surface area (Å²) in [4.78, 5) is 20.5. The number of rotatable bonds is 7. The Morgan fingerprint density at radius 3 is 2.76 bits per heavy atom. The number of piperazine rings is 1. The van der Waals surface area contributed by atoms with E-state index < -0.39 is 0 Å². The molecule has 1 aromatic heterocycles. The van der Waals surface area contributed by atoms with E-state index in [9.17, 15) is 4.79 Å². The lowest BCUT2D eigenvalue weighted by Crippen LogP contribution is -2.46. The number of para-hydroxylation sites is 1. The number of nitrogens with zero attached hydrogens (tertiary/aromatic N) is 3. The smallest absolute Gasteiger partial charge is 0.261 e. The number of aromatic nitrogens is 2. The van der Waals surface area contributed by atoms with E-state index in [4.69, 9.17) is 9.72 Å². The molecule has 0 aliphatic carbocycles. The highest BCUT2D eigenvalue weighted by atomic mass is 16.5. The summed E-state index contributed by atoms with van der Waals surface area (Å²) in [5.41, 5.74) is 0.821. The van der Waals surface area contributed by atoms with Crippen molar-refractivity contribution in [3.8, 4) is 0 Å². The molecule has 1 aliphatic rings. The summed E-state index contributed by atoms with van der Waals surface area (Å²) in [5.74, 6) is 0.879. The molecule has 2 heterocycles. The molecule has 6 heteroatoms. The van der Waals surface area contributed by atoms with Gasteiger partial charge in [0.15, 0.2) is 0 Å². The Hall–Kier alpha value is -1.76. The van der Waals surface area contributed by atoms with Gasteiger partial charge in [0, 0.05) is 33.3 Å². The van der Waals surface area contributed by atoms with Crippen molar-refractivity contribution in [2.75, 3.05) is 39.9 Å². The molecule has 1 saturated heterocycles. The summed E-state index contributed by atoms with van der Waals surface area (Å²) in [6.45, 7) is 7.16. The molecular formula is C19H28N4O2. The lowest BCUT2D eigenvalue weighted by Gasteiger charge is -2.35. The molecule has 25 heavy (non-hydrogen) atoms. The number of benzene rings is 1. The van der Waals surface area contributed by atoms with Crippen LogP contribution in [0.5, 0.6) is 0 Å². The minimum absolute atomic E-state index is 0.0360. The van der Waals surface area contributed by atoms with Crippen molar-refractivity contribution in [3.05, 3.63) is 40.4 Å². The zero-order valence-electron chi connectivity index (χ0n) is 15.2. The van der Waals surface area contributed by atoms with Crippen LogP contribution in [0.1, 0.15) is 31.6 Å². The van der Waals surface area contributed by atoms with Crippen molar-refractivity contribution in [2.24, 2.45) is 0 Å². The first-order valence-corrected chi connectivity index (χ1v) is 9.19. The maximum absolute atomic E-state index is 13.1. The second-order valence-electron chi connectivity index (χ2n) is 6.53. The van der Waals surface area contributed by atoms with Gasteiger partial charge in [0.1, 0.15) is 5.82 Å². The minimum atomic E-state index is 0.0360. The number of hydrogen-bond donors (Lipinski definition) is 1. The van der Waals surface area contributed by atoms with E-state index in [0.717, 1.165) is 50.4 Å². The van der Waals surface area contributed by atoms with E-state index >= 15 is 0 Å². The van der Waals surface area contributed by atoms with Crippen LogP contribution in [0.2, 0.25) is 0 Å². The lowest BCUT2D eigenvalue weighted by atomic mass is 10.1. The van der Waals surface area contributed by atoms with E-state index in [1.165, 1.54) is 0 Å². The average molecular weight is 344 g/mol. The zero-order valence-corrected chi connectivity index (χ0v) is 15.2. The highest BCUT2D eigenvalue weighted by Crippen LogP contribution is 2.25. The first kappa shape index (κ1) is 18.0. The summed E-state index contributed by atoms with van der Waals surface area (Å²) >= 11 is 0. The molecule has 0 radical (unpaired) electrons. The Bertz CT molecular complexity index is 753. The quantitative estimate of drug-likeness (QED) is 0.830. The van der Waals surface area contributed by atoms with Crippen molar-refractivity contribution in [1.82, 2.24) is 19.8 Å². The van der Waals surface area contributed by atoms with Crippen molar-refractivity contribution >= 4 is 10.9 Å². The summed E-state index contributed by atoms with van der Waals surface area (Å²) < 4.78 is 7.07. The topological polar surface area (TPSA) is 59.4 Å². The summed E-state index contributed by atoms with van der Waals surface area (Å²) in [5, 5.41) is 4.08. The molecule has 1 atom stereocenters. The van der Waals surface area contributed by atoms with E-state index in [-0.39, 0.29) is 11.6 Å². The van der Waals surface area contributed by atoms with Gasteiger partial charge in [-0.3, -0.25) is 14.3 Å². The van der Waals surface area contributed by atoms with Gasteiger partial charge in [0.2, 0.25) is 0 Å². The van der Waals surface area contributed by atoms with Gasteiger partial charge in [-0.1, -0.05) is 25.5 Å². The molecule has 0 saturated carbocycles. The Morgan fingerprint density at radius 1 is 1.28 bits per heavy atom. The van der Waals surface area contributed by atoms with Gasteiger partial charge >= 0.3 is 0 Å². The van der Waals surface area contributed by atoms with Gasteiger partial charge in [-0.15, -0.1) is 0 Å². The van der Waals surface area contributed by atoms with Gasteiger partial charge in [0.25, 0.3) is 5.56 Å². The molecule has 1 unspecified atom stereocenters. The third-order valence-corrected chi connectivity index (χ3v) is 4.86. The third kappa shape index (κ3) is 3.92. The highest BCUT2D eigenvalue weighted by molar-refractivity contribution is 5.77. The number of ether oxygens (including phenoxy) is 1. The lowest BCUT2D eigenvalue weighted by molar-refractivity contribution is 0.146. The van der Waals surface area contributed by atoms with Crippen molar-refractivity contribution in [3.63, 3.8) is 0 Å². The first-order chi connectivity index (χ1) is 12.3. The van der Waals surface area contributed by atoms with Crippen LogP contribution in [0.4, 0.5) is 0 Å². The largest absolute Gasteiger partial charge is 0.383 e. The van der Waals surface area contributed by atoms with Gasteiger partial charge in [-0.2, -0.15) is 0 Å². The molecule has 2 aromatic rings. The monoisotopic (exact) mass is 344 g/mol. The second-order valence-corrected chi connectivity index (χ2v) is 6.53. The van der Waals surface area contributed by atoms with Crippen LogP contribution in [-0.4, -0.2) is 54.3 Å². The fourth-order valence-electron chi connectivity index (χ4n) is 3.58. The van der Waals surface area contributed by atoms with E-state index in [2.05, 4.69) is 17.1 Å². The predicted octanol–water partition coefficient (Wildman–Crippen LogP) is 1.79. The van der Waals surface area contributed by atoms with E-state index in [1.54, 1.807) is 7.11 Å². The van der Waals surface area contributed by atoms with Crippen LogP contribution >= 0.6 is 0 Å². The maximum Gasteiger partial charge on any atom is 0.261 e. The normalized spacial score (nSPS) is 17.0. The van der Waals surface area contributed by atoms with Crippen LogP contribution in [-0.2, 0) is 11.3 Å². The molecule has 1 aliphatic heterocycles. The molecule has 1 aromatic carbocycles. The van der Waals surface area contributed by atoms with Crippen LogP contribution in [0.15, 0.2) is 29.1 Å². The highest BCUT2D eigenvalue weighted by Gasteiger charge is 2.26. The number of nitrogens with one attached hydrogen (secondary N) is 1. The average Bonchev–Trinajstić information content (AvgIpc) is 2.66. The van der Waals surface area contributed by atoms with Gasteiger partial charge < -0.3 is 10.1 Å². The van der Waals surface area contributed by atoms with Gasteiger partial charge in [0.05, 0.1) is 30.1 Å². The molecule has 136 valence electrons. The number of hydrogen-bond acceptors (Lipinski definition) is 5. The van der Waals surface area contributed by atoms with Gasteiger partial charge in [-0.25, -0.2) is 4.98 Å².